The average Bonchev–Trinajstić information content (AvgIpc) is 3.79. The SMILES string of the molecule is CC.CC(Oc1cnc(C2CC2)c(Cl)c1)c1cc(F)c(C(=O)N2CCCC2)cc1C1CC1.O=CO. The molecule has 1 aliphatic heterocycles. The third-order valence-corrected chi connectivity index (χ3v) is 6.68. The van der Waals surface area contributed by atoms with Gasteiger partial charge in [0.25, 0.3) is 12.4 Å². The second-order valence-corrected chi connectivity index (χ2v) is 9.32. The van der Waals surface area contributed by atoms with E-state index in [2.05, 4.69) is 4.98 Å². The van der Waals surface area contributed by atoms with Crippen LogP contribution in [0.1, 0.15) is 104 Å². The first kappa shape index (κ1) is 26.9. The van der Waals surface area contributed by atoms with E-state index in [9.17, 15) is 9.18 Å². The van der Waals surface area contributed by atoms with E-state index in [0.717, 1.165) is 55.3 Å². The second kappa shape index (κ2) is 12.3. The topological polar surface area (TPSA) is 79.7 Å². The van der Waals surface area contributed by atoms with Gasteiger partial charge in [-0.25, -0.2) is 4.39 Å². The molecule has 2 saturated carbocycles. The number of halogens is 2. The molecule has 1 aromatic carbocycles. The van der Waals surface area contributed by atoms with Crippen molar-refractivity contribution in [1.82, 2.24) is 9.88 Å². The van der Waals surface area contributed by atoms with E-state index in [1.807, 2.05) is 20.8 Å². The Morgan fingerprint density at radius 1 is 1.17 bits per heavy atom. The van der Waals surface area contributed by atoms with Crippen LogP contribution >= 0.6 is 11.6 Å². The Bertz CT molecular complexity index is 1030. The molecule has 8 heteroatoms. The number of pyridine rings is 1. The molecule has 1 aromatic heterocycles. The largest absolute Gasteiger partial charge is 0.484 e. The molecule has 1 saturated heterocycles. The van der Waals surface area contributed by atoms with E-state index < -0.39 is 5.82 Å². The van der Waals surface area contributed by atoms with Crippen molar-refractivity contribution in [2.24, 2.45) is 0 Å². The van der Waals surface area contributed by atoms with Crippen molar-refractivity contribution in [3.63, 3.8) is 0 Å². The van der Waals surface area contributed by atoms with Gasteiger partial charge in [0.2, 0.25) is 0 Å². The van der Waals surface area contributed by atoms with Crippen LogP contribution < -0.4 is 4.74 Å². The first-order chi connectivity index (χ1) is 16.9. The molecule has 190 valence electrons. The maximum absolute atomic E-state index is 15.0. The maximum atomic E-state index is 15.0. The number of hydrogen-bond acceptors (Lipinski definition) is 4. The second-order valence-electron chi connectivity index (χ2n) is 8.91. The van der Waals surface area contributed by atoms with Crippen LogP contribution in [0.25, 0.3) is 0 Å². The van der Waals surface area contributed by atoms with Gasteiger partial charge in [-0.1, -0.05) is 25.4 Å². The number of hydrogen-bond donors (Lipinski definition) is 1. The Hall–Kier alpha value is -2.67. The average molecular weight is 505 g/mol. The summed E-state index contributed by atoms with van der Waals surface area (Å²) in [6, 6.07) is 5.07. The third-order valence-electron chi connectivity index (χ3n) is 6.37. The molecule has 5 rings (SSSR count). The van der Waals surface area contributed by atoms with Crippen LogP contribution in [0.3, 0.4) is 0 Å². The predicted molar refractivity (Wildman–Crippen MR) is 134 cm³/mol. The zero-order valence-corrected chi connectivity index (χ0v) is 21.4. The smallest absolute Gasteiger partial charge is 0.290 e. The Balaban J connectivity index is 0.000000638. The number of carbonyl (C=O) groups is 2. The molecule has 35 heavy (non-hydrogen) atoms. The fraction of sp³-hybridized carbons (Fsp3) is 0.519. The summed E-state index contributed by atoms with van der Waals surface area (Å²) >= 11 is 6.38. The van der Waals surface area contributed by atoms with E-state index in [1.165, 1.54) is 6.07 Å². The van der Waals surface area contributed by atoms with Crippen molar-refractivity contribution >= 4 is 24.0 Å². The van der Waals surface area contributed by atoms with E-state index in [0.29, 0.717) is 35.7 Å². The van der Waals surface area contributed by atoms with Gasteiger partial charge in [-0.05, 0) is 74.6 Å². The molecule has 3 aliphatic rings. The normalized spacial score (nSPS) is 17.5. The number of nitrogens with zero attached hydrogens (tertiary/aromatic N) is 2. The Morgan fingerprint density at radius 3 is 2.31 bits per heavy atom. The summed E-state index contributed by atoms with van der Waals surface area (Å²) in [5.41, 5.74) is 2.95. The number of likely N-dealkylation sites (tertiary alicyclic amines) is 1. The van der Waals surface area contributed by atoms with Gasteiger partial charge in [-0.15, -0.1) is 0 Å². The minimum absolute atomic E-state index is 0.188. The van der Waals surface area contributed by atoms with Gasteiger partial charge in [0.15, 0.2) is 0 Å². The van der Waals surface area contributed by atoms with Crippen molar-refractivity contribution in [2.75, 3.05) is 13.1 Å². The summed E-state index contributed by atoms with van der Waals surface area (Å²) < 4.78 is 21.1. The Labute approximate surface area is 211 Å². The molecule has 1 unspecified atom stereocenters. The number of aromatic nitrogens is 1. The number of rotatable bonds is 6. The molecule has 2 aliphatic carbocycles. The van der Waals surface area contributed by atoms with Crippen LogP contribution in [0.2, 0.25) is 5.02 Å². The highest BCUT2D eigenvalue weighted by Gasteiger charge is 2.32. The third kappa shape index (κ3) is 6.72. The lowest BCUT2D eigenvalue weighted by molar-refractivity contribution is -0.122. The fourth-order valence-electron chi connectivity index (χ4n) is 4.38. The highest BCUT2D eigenvalue weighted by Crippen LogP contribution is 2.45. The van der Waals surface area contributed by atoms with Crippen LogP contribution in [0.5, 0.6) is 5.75 Å². The van der Waals surface area contributed by atoms with E-state index in [-0.39, 0.29) is 24.0 Å². The van der Waals surface area contributed by atoms with E-state index in [4.69, 9.17) is 26.2 Å². The lowest BCUT2D eigenvalue weighted by atomic mass is 9.95. The van der Waals surface area contributed by atoms with Crippen LogP contribution in [0.4, 0.5) is 4.39 Å². The molecule has 0 spiro atoms. The van der Waals surface area contributed by atoms with Gasteiger partial charge in [-0.2, -0.15) is 0 Å². The summed E-state index contributed by atoms with van der Waals surface area (Å²) in [4.78, 5) is 27.4. The van der Waals surface area contributed by atoms with Crippen molar-refractivity contribution in [3.05, 3.63) is 57.6 Å². The first-order valence-corrected chi connectivity index (χ1v) is 12.8. The van der Waals surface area contributed by atoms with E-state index in [1.54, 1.807) is 23.2 Å². The van der Waals surface area contributed by atoms with Gasteiger partial charge < -0.3 is 14.7 Å². The molecule has 0 radical (unpaired) electrons. The first-order valence-electron chi connectivity index (χ1n) is 12.5. The number of benzene rings is 1. The molecule has 6 nitrogen and oxygen atoms in total. The summed E-state index contributed by atoms with van der Waals surface area (Å²) in [7, 11) is 0. The van der Waals surface area contributed by atoms with Gasteiger partial charge in [0, 0.05) is 25.1 Å². The molecule has 1 N–H and O–H groups in total. The molecule has 2 heterocycles. The molecular formula is C27H34ClFN2O4. The van der Waals surface area contributed by atoms with Gasteiger partial charge in [0.1, 0.15) is 17.7 Å². The standard InChI is InChI=1S/C24H26ClFN2O2.C2H6.CH2O2/c1-14(30-17-10-21(25)23(27-13-17)16-6-7-16)18-12-22(26)20(11-19(18)15-4-5-15)24(29)28-8-2-3-9-28;1-2;2-1-3/h10-16H,2-9H2,1H3;1-2H3;1H,(H,2,3). The van der Waals surface area contributed by atoms with Crippen molar-refractivity contribution in [3.8, 4) is 5.75 Å². The van der Waals surface area contributed by atoms with Crippen LogP contribution in [0.15, 0.2) is 24.4 Å². The zero-order chi connectivity index (χ0) is 25.5. The van der Waals surface area contributed by atoms with Crippen LogP contribution in [-0.4, -0.2) is 40.5 Å². The molecule has 1 atom stereocenters. The van der Waals surface area contributed by atoms with E-state index >= 15 is 0 Å². The maximum Gasteiger partial charge on any atom is 0.290 e. The highest BCUT2D eigenvalue weighted by molar-refractivity contribution is 6.31. The van der Waals surface area contributed by atoms with Crippen molar-refractivity contribution < 1.29 is 23.8 Å². The van der Waals surface area contributed by atoms with Crippen molar-refractivity contribution in [2.45, 2.75) is 77.2 Å². The van der Waals surface area contributed by atoms with Gasteiger partial charge in [-0.3, -0.25) is 14.6 Å². The zero-order valence-electron chi connectivity index (χ0n) is 20.6. The van der Waals surface area contributed by atoms with Crippen LogP contribution in [-0.2, 0) is 4.79 Å². The minimum Gasteiger partial charge on any atom is -0.484 e. The van der Waals surface area contributed by atoms with Crippen LogP contribution in [0, 0.1) is 5.82 Å². The quantitative estimate of drug-likeness (QED) is 0.441. The monoisotopic (exact) mass is 504 g/mol. The molecule has 3 fully saturated rings. The summed E-state index contributed by atoms with van der Waals surface area (Å²) in [6.07, 6.45) is 7.71. The summed E-state index contributed by atoms with van der Waals surface area (Å²) in [6.45, 7) is 7.08. The lowest BCUT2D eigenvalue weighted by Crippen LogP contribution is -2.28. The lowest BCUT2D eigenvalue weighted by Gasteiger charge is -2.21. The summed E-state index contributed by atoms with van der Waals surface area (Å²) in [5, 5.41) is 7.52. The molecule has 0 bridgehead atoms. The highest BCUT2D eigenvalue weighted by atomic mass is 35.5. The van der Waals surface area contributed by atoms with Gasteiger partial charge in [0.05, 0.1) is 22.5 Å². The molecule has 1 amide bonds. The number of carbonyl (C=O) groups excluding carboxylic acids is 1. The number of carboxylic acid groups (broad SMARTS) is 1. The van der Waals surface area contributed by atoms with Gasteiger partial charge >= 0.3 is 0 Å². The number of ether oxygens (including phenoxy) is 1. The fourth-order valence-corrected chi connectivity index (χ4v) is 4.69. The number of amides is 1. The van der Waals surface area contributed by atoms with Crippen molar-refractivity contribution in [1.29, 1.82) is 0 Å². The summed E-state index contributed by atoms with van der Waals surface area (Å²) in [5.74, 6) is 0.757. The predicted octanol–water partition coefficient (Wildman–Crippen LogP) is 6.73. The Kier molecular flexibility index (Phi) is 9.49. The molecule has 2 aromatic rings. The Morgan fingerprint density at radius 2 is 1.77 bits per heavy atom. The molecular weight excluding hydrogens is 471 g/mol. The minimum atomic E-state index is -0.470.